The number of rotatable bonds is 5. The fourth-order valence-electron chi connectivity index (χ4n) is 3.08. The van der Waals surface area contributed by atoms with Crippen LogP contribution in [0.3, 0.4) is 0 Å². The molecule has 0 atom stereocenters. The van der Waals surface area contributed by atoms with Crippen LogP contribution in [-0.4, -0.2) is 62.1 Å². The van der Waals surface area contributed by atoms with Crippen molar-refractivity contribution in [1.29, 1.82) is 0 Å². The van der Waals surface area contributed by atoms with Crippen molar-refractivity contribution in [2.75, 3.05) is 50.6 Å². The summed E-state index contributed by atoms with van der Waals surface area (Å²) in [5.41, 5.74) is 1.06. The Labute approximate surface area is 164 Å². The van der Waals surface area contributed by atoms with E-state index in [0.717, 1.165) is 18.9 Å². The molecule has 2 heterocycles. The molecule has 1 fully saturated rings. The number of carbonyl (C=O) groups excluding carboxylic acids is 2. The van der Waals surface area contributed by atoms with Crippen LogP contribution in [-0.2, 0) is 4.79 Å². The van der Waals surface area contributed by atoms with Crippen molar-refractivity contribution in [1.82, 2.24) is 9.88 Å². The molecule has 1 aromatic heterocycles. The van der Waals surface area contributed by atoms with Gasteiger partial charge in [-0.05, 0) is 24.3 Å². The molecular formula is C20H24N4O4. The molecule has 148 valence electrons. The molecule has 1 aliphatic heterocycles. The van der Waals surface area contributed by atoms with Gasteiger partial charge >= 0.3 is 0 Å². The largest absolute Gasteiger partial charge is 0.493 e. The average Bonchev–Trinajstić information content (AvgIpc) is 2.73. The summed E-state index contributed by atoms with van der Waals surface area (Å²) in [5.74, 6) is 1.77. The predicted octanol–water partition coefficient (Wildman–Crippen LogP) is 2.02. The summed E-state index contributed by atoms with van der Waals surface area (Å²) >= 11 is 0. The topological polar surface area (TPSA) is 84.0 Å². The first-order valence-electron chi connectivity index (χ1n) is 9.01. The van der Waals surface area contributed by atoms with Crippen molar-refractivity contribution in [3.63, 3.8) is 0 Å². The second-order valence-corrected chi connectivity index (χ2v) is 6.42. The number of carbonyl (C=O) groups is 2. The number of methoxy groups -OCH3 is 2. The summed E-state index contributed by atoms with van der Waals surface area (Å²) in [4.78, 5) is 32.3. The third-order valence-corrected chi connectivity index (χ3v) is 4.70. The van der Waals surface area contributed by atoms with E-state index >= 15 is 0 Å². The molecule has 0 saturated carbocycles. The van der Waals surface area contributed by atoms with Crippen LogP contribution in [0.5, 0.6) is 11.5 Å². The number of hydrogen-bond acceptors (Lipinski definition) is 6. The smallest absolute Gasteiger partial charge is 0.257 e. The molecule has 2 amide bonds. The number of nitrogens with one attached hydrogen (secondary N) is 1. The van der Waals surface area contributed by atoms with Crippen LogP contribution in [0.25, 0.3) is 0 Å². The lowest BCUT2D eigenvalue weighted by atomic mass is 10.2. The van der Waals surface area contributed by atoms with E-state index < -0.39 is 0 Å². The molecule has 8 heteroatoms. The normalized spacial score (nSPS) is 13.8. The van der Waals surface area contributed by atoms with Crippen molar-refractivity contribution in [2.24, 2.45) is 0 Å². The predicted molar refractivity (Wildman–Crippen MR) is 106 cm³/mol. The Morgan fingerprint density at radius 3 is 2.29 bits per heavy atom. The molecular weight excluding hydrogens is 360 g/mol. The fourth-order valence-corrected chi connectivity index (χ4v) is 3.08. The Morgan fingerprint density at radius 2 is 1.71 bits per heavy atom. The van der Waals surface area contributed by atoms with Crippen LogP contribution < -0.4 is 19.7 Å². The number of amides is 2. The van der Waals surface area contributed by atoms with Gasteiger partial charge in [-0.2, -0.15) is 0 Å². The van der Waals surface area contributed by atoms with Crippen LogP contribution in [0, 0.1) is 0 Å². The standard InChI is InChI=1S/C20H24N4O4/c1-14(25)23-8-10-24(11-9-23)19-7-4-15(13-21-19)20(26)22-16-5-6-17(27-2)18(12-16)28-3/h4-7,12-13H,8-11H2,1-3H3,(H,22,26). The molecule has 1 aromatic carbocycles. The number of aromatic nitrogens is 1. The minimum atomic E-state index is -0.257. The Bertz CT molecular complexity index is 846. The lowest BCUT2D eigenvalue weighted by molar-refractivity contribution is -0.129. The number of hydrogen-bond donors (Lipinski definition) is 1. The second kappa shape index (κ2) is 8.60. The van der Waals surface area contributed by atoms with Crippen LogP contribution in [0.2, 0.25) is 0 Å². The van der Waals surface area contributed by atoms with Gasteiger partial charge in [0.1, 0.15) is 5.82 Å². The van der Waals surface area contributed by atoms with Crippen molar-refractivity contribution < 1.29 is 19.1 Å². The summed E-state index contributed by atoms with van der Waals surface area (Å²) < 4.78 is 10.4. The molecule has 0 spiro atoms. The molecule has 8 nitrogen and oxygen atoms in total. The van der Waals surface area contributed by atoms with Crippen LogP contribution in [0.15, 0.2) is 36.5 Å². The molecule has 1 N–H and O–H groups in total. The van der Waals surface area contributed by atoms with Gasteiger partial charge in [0, 0.05) is 51.1 Å². The Hall–Kier alpha value is -3.29. The highest BCUT2D eigenvalue weighted by atomic mass is 16.5. The Balaban J connectivity index is 1.63. The lowest BCUT2D eigenvalue weighted by Gasteiger charge is -2.34. The van der Waals surface area contributed by atoms with E-state index in [1.807, 2.05) is 11.0 Å². The van der Waals surface area contributed by atoms with Gasteiger partial charge in [-0.15, -0.1) is 0 Å². The highest BCUT2D eigenvalue weighted by Crippen LogP contribution is 2.30. The van der Waals surface area contributed by atoms with E-state index in [-0.39, 0.29) is 11.8 Å². The van der Waals surface area contributed by atoms with Crippen LogP contribution in [0.4, 0.5) is 11.5 Å². The van der Waals surface area contributed by atoms with Gasteiger partial charge < -0.3 is 24.6 Å². The van der Waals surface area contributed by atoms with Gasteiger partial charge in [-0.1, -0.05) is 0 Å². The van der Waals surface area contributed by atoms with Gasteiger partial charge in [0.15, 0.2) is 11.5 Å². The second-order valence-electron chi connectivity index (χ2n) is 6.42. The zero-order valence-electron chi connectivity index (χ0n) is 16.3. The molecule has 1 saturated heterocycles. The first kappa shape index (κ1) is 19.5. The molecule has 0 radical (unpaired) electrons. The number of piperazine rings is 1. The van der Waals surface area contributed by atoms with E-state index in [1.165, 1.54) is 0 Å². The van der Waals surface area contributed by atoms with Gasteiger partial charge in [0.2, 0.25) is 5.91 Å². The summed E-state index contributed by atoms with van der Waals surface area (Å²) in [6.07, 6.45) is 1.56. The highest BCUT2D eigenvalue weighted by molar-refractivity contribution is 6.04. The van der Waals surface area contributed by atoms with E-state index in [1.54, 1.807) is 51.6 Å². The summed E-state index contributed by atoms with van der Waals surface area (Å²) in [7, 11) is 3.10. The van der Waals surface area contributed by atoms with Gasteiger partial charge in [-0.25, -0.2) is 4.98 Å². The number of ether oxygens (including phenoxy) is 2. The maximum absolute atomic E-state index is 12.5. The molecule has 0 aliphatic carbocycles. The summed E-state index contributed by atoms with van der Waals surface area (Å²) in [6.45, 7) is 4.39. The molecule has 3 rings (SSSR count). The lowest BCUT2D eigenvalue weighted by Crippen LogP contribution is -2.48. The third kappa shape index (κ3) is 4.33. The molecule has 28 heavy (non-hydrogen) atoms. The Kier molecular flexibility index (Phi) is 5.98. The Morgan fingerprint density at radius 1 is 1.00 bits per heavy atom. The summed E-state index contributed by atoms with van der Waals surface area (Å²) in [5, 5.41) is 2.83. The summed E-state index contributed by atoms with van der Waals surface area (Å²) in [6, 6.07) is 8.75. The SMILES string of the molecule is COc1ccc(NC(=O)c2ccc(N3CCN(C(C)=O)CC3)nc2)cc1OC. The number of anilines is 2. The maximum atomic E-state index is 12.5. The fraction of sp³-hybridized carbons (Fsp3) is 0.350. The molecule has 2 aromatic rings. The minimum Gasteiger partial charge on any atom is -0.493 e. The van der Waals surface area contributed by atoms with Gasteiger partial charge in [0.25, 0.3) is 5.91 Å². The quantitative estimate of drug-likeness (QED) is 0.849. The average molecular weight is 384 g/mol. The number of benzene rings is 1. The van der Waals surface area contributed by atoms with Crippen molar-refractivity contribution in [2.45, 2.75) is 6.92 Å². The zero-order valence-corrected chi connectivity index (χ0v) is 16.3. The van der Waals surface area contributed by atoms with E-state index in [0.29, 0.717) is 35.8 Å². The number of pyridine rings is 1. The van der Waals surface area contributed by atoms with Crippen molar-refractivity contribution >= 4 is 23.3 Å². The van der Waals surface area contributed by atoms with Crippen molar-refractivity contribution in [3.05, 3.63) is 42.1 Å². The van der Waals surface area contributed by atoms with E-state index in [2.05, 4.69) is 15.2 Å². The van der Waals surface area contributed by atoms with Crippen LogP contribution in [0.1, 0.15) is 17.3 Å². The number of nitrogens with zero attached hydrogens (tertiary/aromatic N) is 3. The third-order valence-electron chi connectivity index (χ3n) is 4.70. The minimum absolute atomic E-state index is 0.0924. The highest BCUT2D eigenvalue weighted by Gasteiger charge is 2.19. The van der Waals surface area contributed by atoms with Gasteiger partial charge in [0.05, 0.1) is 19.8 Å². The van der Waals surface area contributed by atoms with E-state index in [9.17, 15) is 9.59 Å². The monoisotopic (exact) mass is 384 g/mol. The van der Waals surface area contributed by atoms with Crippen LogP contribution >= 0.6 is 0 Å². The molecule has 0 unspecified atom stereocenters. The first-order valence-corrected chi connectivity index (χ1v) is 9.01. The molecule has 0 bridgehead atoms. The zero-order chi connectivity index (χ0) is 20.1. The van der Waals surface area contributed by atoms with Crippen molar-refractivity contribution in [3.8, 4) is 11.5 Å². The first-order chi connectivity index (χ1) is 13.5. The van der Waals surface area contributed by atoms with Gasteiger partial charge in [-0.3, -0.25) is 9.59 Å². The maximum Gasteiger partial charge on any atom is 0.257 e. The molecule has 1 aliphatic rings. The van der Waals surface area contributed by atoms with E-state index in [4.69, 9.17) is 9.47 Å².